The molecule has 0 fully saturated rings. The van der Waals surface area contributed by atoms with Gasteiger partial charge in [-0.05, 0) is 37.4 Å². The third-order valence-electron chi connectivity index (χ3n) is 3.90. The number of amides is 1. The topological polar surface area (TPSA) is 54.5 Å². The van der Waals surface area contributed by atoms with E-state index in [1.165, 1.54) is 11.3 Å². The van der Waals surface area contributed by atoms with Crippen LogP contribution in [-0.4, -0.2) is 36.1 Å². The van der Waals surface area contributed by atoms with Gasteiger partial charge < -0.3 is 10.1 Å². The molecular weight excluding hydrogens is 420 g/mol. The Balaban J connectivity index is 1.73. The van der Waals surface area contributed by atoms with Gasteiger partial charge in [0.25, 0.3) is 5.91 Å². The van der Waals surface area contributed by atoms with E-state index in [0.717, 1.165) is 16.8 Å². The average molecular weight is 436 g/mol. The first-order valence-corrected chi connectivity index (χ1v) is 9.64. The van der Waals surface area contributed by atoms with Crippen LogP contribution in [0.25, 0.3) is 10.2 Å². The number of terminal acetylenes is 1. The zero-order valence-corrected chi connectivity index (χ0v) is 16.9. The molecule has 0 bridgehead atoms. The summed E-state index contributed by atoms with van der Waals surface area (Å²) in [6.07, 6.45) is 5.18. The van der Waals surface area contributed by atoms with Crippen molar-refractivity contribution in [2.45, 2.75) is 6.61 Å². The van der Waals surface area contributed by atoms with E-state index in [4.69, 9.17) is 22.8 Å². The van der Waals surface area contributed by atoms with E-state index in [0.29, 0.717) is 15.5 Å². The lowest BCUT2D eigenvalue weighted by Gasteiger charge is -2.15. The predicted octanol–water partition coefficient (Wildman–Crippen LogP) is 4.06. The summed E-state index contributed by atoms with van der Waals surface area (Å²) < 4.78 is 35.1. The number of aromatic nitrogens is 1. The summed E-state index contributed by atoms with van der Waals surface area (Å²) in [6, 6.07) is 7.41. The molecule has 0 spiro atoms. The lowest BCUT2D eigenvalue weighted by molar-refractivity contribution is 0.0923. The highest BCUT2D eigenvalue weighted by Crippen LogP contribution is 2.28. The van der Waals surface area contributed by atoms with Crippen molar-refractivity contribution >= 4 is 39.1 Å². The lowest BCUT2D eigenvalue weighted by atomic mass is 10.1. The first-order chi connectivity index (χ1) is 13.9. The number of fused-ring (bicyclic) bond motifs is 1. The molecule has 150 valence electrons. The van der Waals surface area contributed by atoms with Crippen LogP contribution in [0.2, 0.25) is 5.02 Å². The molecule has 0 unspecified atom stereocenters. The number of nitrogens with zero attached hydrogens (tertiary/aromatic N) is 2. The van der Waals surface area contributed by atoms with Crippen molar-refractivity contribution in [1.82, 2.24) is 15.2 Å². The average Bonchev–Trinajstić information content (AvgIpc) is 3.08. The maximum absolute atomic E-state index is 14.7. The van der Waals surface area contributed by atoms with E-state index in [2.05, 4.69) is 16.2 Å². The van der Waals surface area contributed by atoms with Crippen LogP contribution < -0.4 is 10.1 Å². The van der Waals surface area contributed by atoms with E-state index in [1.807, 2.05) is 6.07 Å². The zero-order chi connectivity index (χ0) is 21.0. The number of halogens is 3. The van der Waals surface area contributed by atoms with Gasteiger partial charge in [0.15, 0.2) is 11.6 Å². The maximum Gasteiger partial charge on any atom is 0.258 e. The Hall–Kier alpha value is -2.73. The molecule has 2 aromatic carbocycles. The number of hydrogen-bond donors (Lipinski definition) is 1. The molecule has 9 heteroatoms. The Kier molecular flexibility index (Phi) is 6.64. The lowest BCUT2D eigenvalue weighted by Crippen LogP contribution is -2.36. The summed E-state index contributed by atoms with van der Waals surface area (Å²) in [6.45, 7) is 0.286. The van der Waals surface area contributed by atoms with Crippen molar-refractivity contribution in [3.05, 3.63) is 57.6 Å². The maximum atomic E-state index is 14.7. The number of nitrogens with one attached hydrogen (secondary N) is 1. The third kappa shape index (κ3) is 5.01. The fourth-order valence-electron chi connectivity index (χ4n) is 2.51. The molecule has 0 aliphatic heterocycles. The molecule has 1 N–H and O–H groups in total. The van der Waals surface area contributed by atoms with Crippen LogP contribution in [0.4, 0.5) is 8.78 Å². The number of hydrogen-bond acceptors (Lipinski definition) is 5. The van der Waals surface area contributed by atoms with E-state index in [-0.39, 0.29) is 25.6 Å². The molecule has 0 atom stereocenters. The Bertz CT molecular complexity index is 1100. The highest BCUT2D eigenvalue weighted by molar-refractivity contribution is 7.18. The van der Waals surface area contributed by atoms with Crippen LogP contribution in [0.3, 0.4) is 0 Å². The van der Waals surface area contributed by atoms with Gasteiger partial charge >= 0.3 is 0 Å². The van der Waals surface area contributed by atoms with Gasteiger partial charge in [-0.2, -0.15) is 0 Å². The van der Waals surface area contributed by atoms with Crippen LogP contribution in [-0.2, 0) is 6.61 Å². The van der Waals surface area contributed by atoms with Crippen molar-refractivity contribution in [2.24, 2.45) is 0 Å². The van der Waals surface area contributed by atoms with Crippen LogP contribution in [0.5, 0.6) is 5.75 Å². The number of carbonyl (C=O) groups excluding carboxylic acids is 1. The van der Waals surface area contributed by atoms with Crippen molar-refractivity contribution < 1.29 is 18.3 Å². The molecule has 5 nitrogen and oxygen atoms in total. The van der Waals surface area contributed by atoms with Gasteiger partial charge in [-0.3, -0.25) is 9.69 Å². The van der Waals surface area contributed by atoms with Crippen LogP contribution in [0.15, 0.2) is 30.3 Å². The molecule has 1 amide bonds. The molecule has 1 heterocycles. The normalized spacial score (nSPS) is 10.9. The summed E-state index contributed by atoms with van der Waals surface area (Å²) in [5.74, 6) is -0.804. The van der Waals surface area contributed by atoms with Gasteiger partial charge in [-0.15, -0.1) is 17.8 Å². The predicted molar refractivity (Wildman–Crippen MR) is 109 cm³/mol. The molecule has 0 saturated carbocycles. The summed E-state index contributed by atoms with van der Waals surface area (Å²) in [5.41, 5.74) is -0.00970. The Morgan fingerprint density at radius 3 is 2.93 bits per heavy atom. The Labute approximate surface area is 175 Å². The second-order valence-electron chi connectivity index (χ2n) is 6.13. The number of carbonyl (C=O) groups is 1. The summed E-state index contributed by atoms with van der Waals surface area (Å²) >= 11 is 7.31. The van der Waals surface area contributed by atoms with Gasteiger partial charge in [0.05, 0.1) is 23.4 Å². The zero-order valence-electron chi connectivity index (χ0n) is 15.3. The van der Waals surface area contributed by atoms with Crippen molar-refractivity contribution in [2.75, 3.05) is 20.3 Å². The fourth-order valence-corrected chi connectivity index (χ4v) is 3.54. The summed E-state index contributed by atoms with van der Waals surface area (Å²) in [7, 11) is 1.66. The SMILES string of the molecule is C#CCN(C)CNC(=O)c1c(F)ccc(OCc2nc3cc(Cl)ccc3s2)c1F. The van der Waals surface area contributed by atoms with Gasteiger partial charge in [0, 0.05) is 5.02 Å². The summed E-state index contributed by atoms with van der Waals surface area (Å²) in [5, 5.41) is 3.57. The molecule has 0 radical (unpaired) electrons. The number of rotatable bonds is 7. The van der Waals surface area contributed by atoms with Gasteiger partial charge in [-0.25, -0.2) is 13.8 Å². The van der Waals surface area contributed by atoms with Gasteiger partial charge in [0.1, 0.15) is 23.0 Å². The van der Waals surface area contributed by atoms with Crippen molar-refractivity contribution in [3.8, 4) is 18.1 Å². The Morgan fingerprint density at radius 2 is 2.17 bits per heavy atom. The highest BCUT2D eigenvalue weighted by atomic mass is 35.5. The van der Waals surface area contributed by atoms with E-state index in [1.54, 1.807) is 24.1 Å². The fraction of sp³-hybridized carbons (Fsp3) is 0.200. The van der Waals surface area contributed by atoms with Gasteiger partial charge in [-0.1, -0.05) is 17.5 Å². The minimum absolute atomic E-state index is 0.0362. The molecule has 0 saturated heterocycles. The molecule has 3 aromatic rings. The van der Waals surface area contributed by atoms with E-state index in [9.17, 15) is 13.6 Å². The van der Waals surface area contributed by atoms with Crippen LogP contribution >= 0.6 is 22.9 Å². The first-order valence-electron chi connectivity index (χ1n) is 8.45. The minimum atomic E-state index is -1.08. The standard InChI is InChI=1S/C20H16ClF2N3O2S/c1-3-8-26(2)11-24-20(27)18-13(22)5-6-15(19(18)23)28-10-17-25-14-9-12(21)4-7-16(14)29-17/h1,4-7,9H,8,10-11H2,2H3,(H,24,27). The third-order valence-corrected chi connectivity index (χ3v) is 5.14. The molecule has 1 aromatic heterocycles. The van der Waals surface area contributed by atoms with Crippen molar-refractivity contribution in [1.29, 1.82) is 0 Å². The Morgan fingerprint density at radius 1 is 1.38 bits per heavy atom. The quantitative estimate of drug-likeness (QED) is 0.449. The molecule has 0 aliphatic rings. The van der Waals surface area contributed by atoms with Crippen molar-refractivity contribution in [3.63, 3.8) is 0 Å². The largest absolute Gasteiger partial charge is 0.483 e. The van der Waals surface area contributed by atoms with E-state index >= 15 is 0 Å². The number of thiazole rings is 1. The number of benzene rings is 2. The second-order valence-corrected chi connectivity index (χ2v) is 7.68. The highest BCUT2D eigenvalue weighted by Gasteiger charge is 2.22. The second kappa shape index (κ2) is 9.18. The van der Waals surface area contributed by atoms with Crippen LogP contribution in [0, 0.1) is 24.0 Å². The van der Waals surface area contributed by atoms with E-state index < -0.39 is 23.1 Å². The smallest absolute Gasteiger partial charge is 0.258 e. The molecule has 3 rings (SSSR count). The van der Waals surface area contributed by atoms with Gasteiger partial charge in [0.2, 0.25) is 0 Å². The number of ether oxygens (including phenoxy) is 1. The molecule has 29 heavy (non-hydrogen) atoms. The molecular formula is C20H16ClF2N3O2S. The monoisotopic (exact) mass is 435 g/mol. The summed E-state index contributed by atoms with van der Waals surface area (Å²) in [4.78, 5) is 18.2. The van der Waals surface area contributed by atoms with Crippen LogP contribution in [0.1, 0.15) is 15.4 Å². The first kappa shape index (κ1) is 21.0. The minimum Gasteiger partial charge on any atom is -0.483 e. The molecule has 0 aliphatic carbocycles.